The molecule has 60 heavy (non-hydrogen) atoms. The highest BCUT2D eigenvalue weighted by Gasteiger charge is 2.23. The number of nitriles is 1. The molecule has 0 atom stereocenters. The fourth-order valence-electron chi connectivity index (χ4n) is 7.10. The minimum Gasteiger partial charge on any atom is -0.455 e. The third-order valence-electron chi connectivity index (χ3n) is 10.1. The Bertz CT molecular complexity index is 2720. The van der Waals surface area contributed by atoms with Gasteiger partial charge in [0.2, 0.25) is 0 Å². The summed E-state index contributed by atoms with van der Waals surface area (Å²) in [5, 5.41) is 13.2. The van der Waals surface area contributed by atoms with Crippen molar-refractivity contribution in [3.63, 3.8) is 0 Å². The van der Waals surface area contributed by atoms with Gasteiger partial charge in [-0.15, -0.1) is 17.4 Å². The molecule has 1 aliphatic rings. The molecule has 4 N–H and O–H groups in total. The molecule has 7 heteroatoms. The minimum atomic E-state index is -0.139. The number of allylic oxidation sites excluding steroid dienone is 5. The molecule has 0 saturated heterocycles. The highest BCUT2D eigenvalue weighted by atomic mass is 27.2. The average molecular weight is 812 g/mol. The molecule has 0 fully saturated rings. The van der Waals surface area contributed by atoms with Gasteiger partial charge in [0.25, 0.3) is 14.1 Å². The van der Waals surface area contributed by atoms with E-state index in [1.165, 1.54) is 22.3 Å². The Balaban J connectivity index is 0.000000179. The molecule has 8 rings (SSSR count). The smallest absolute Gasteiger partial charge is 0.251 e. The number of hydrogen-bond acceptors (Lipinski definition) is 5. The zero-order chi connectivity index (χ0) is 43.7. The van der Waals surface area contributed by atoms with E-state index in [-0.39, 0.29) is 14.1 Å². The van der Waals surface area contributed by atoms with Gasteiger partial charge in [0.1, 0.15) is 40.8 Å². The van der Waals surface area contributed by atoms with Crippen LogP contribution >= 0.6 is 0 Å². The summed E-state index contributed by atoms with van der Waals surface area (Å²) in [6.07, 6.45) is 7.14. The van der Waals surface area contributed by atoms with Gasteiger partial charge in [0.15, 0.2) is 11.3 Å². The molecule has 0 aliphatic heterocycles. The molecule has 6 nitrogen and oxygen atoms in total. The van der Waals surface area contributed by atoms with E-state index in [9.17, 15) is 0 Å². The lowest BCUT2D eigenvalue weighted by molar-refractivity contribution is 0.667. The van der Waals surface area contributed by atoms with Crippen LogP contribution in [0.3, 0.4) is 0 Å². The predicted octanol–water partition coefficient (Wildman–Crippen LogP) is 14.5. The predicted molar refractivity (Wildman–Crippen MR) is 257 cm³/mol. The van der Waals surface area contributed by atoms with Crippen molar-refractivity contribution >= 4 is 69.5 Å². The van der Waals surface area contributed by atoms with Crippen LogP contribution in [0.15, 0.2) is 146 Å². The van der Waals surface area contributed by atoms with Crippen molar-refractivity contribution in [3.05, 3.63) is 160 Å². The Morgan fingerprint density at radius 3 is 1.63 bits per heavy atom. The van der Waals surface area contributed by atoms with Crippen LogP contribution in [0.2, 0.25) is 17.4 Å². The number of amidine groups is 1. The molecular weight excluding hydrogens is 752 g/mol. The molecule has 0 saturated carbocycles. The lowest BCUT2D eigenvalue weighted by Gasteiger charge is -2.17. The maximum Gasteiger partial charge on any atom is 0.251 e. The van der Waals surface area contributed by atoms with E-state index in [1.807, 2.05) is 78.9 Å². The van der Waals surface area contributed by atoms with Gasteiger partial charge in [-0.1, -0.05) is 107 Å². The van der Waals surface area contributed by atoms with Crippen LogP contribution in [0.25, 0.3) is 43.9 Å². The van der Waals surface area contributed by atoms with E-state index in [1.54, 1.807) is 6.07 Å². The van der Waals surface area contributed by atoms with Crippen LogP contribution in [0.4, 0.5) is 5.69 Å². The minimum absolute atomic E-state index is 0.139. The maximum absolute atomic E-state index is 8.95. The van der Waals surface area contributed by atoms with Crippen molar-refractivity contribution < 1.29 is 8.83 Å². The summed E-state index contributed by atoms with van der Waals surface area (Å²) in [6.45, 7) is 17.4. The van der Waals surface area contributed by atoms with Crippen LogP contribution in [0, 0.1) is 29.2 Å². The average Bonchev–Trinajstić information content (AvgIpc) is 3.80. The molecule has 0 radical (unpaired) electrons. The Hall–Kier alpha value is -5.88. The first kappa shape index (κ1) is 45.2. The summed E-state index contributed by atoms with van der Waals surface area (Å²) in [4.78, 5) is 4.93. The number of para-hydroxylation sites is 5. The third-order valence-corrected chi connectivity index (χ3v) is 10.1. The van der Waals surface area contributed by atoms with Crippen LogP contribution in [-0.4, -0.2) is 20.0 Å². The molecule has 7 aromatic rings. The van der Waals surface area contributed by atoms with Crippen LogP contribution < -0.4 is 11.5 Å². The molecule has 0 amide bonds. The van der Waals surface area contributed by atoms with Gasteiger partial charge in [0.05, 0.1) is 28.0 Å². The number of aliphatic imine (C=N–C) groups is 1. The van der Waals surface area contributed by atoms with Gasteiger partial charge in [0, 0.05) is 39.5 Å². The SMILES string of the molecule is CC(C)C1=C[C+]=CC(C(C)C)=C1N.CC(C)c1cccc(C(C)C)c1N=C(N)c1cccc2c1oc1ccccc12.N#Cc1cccc2c1oc1ccccc12.[CH3][Al]([CH3])[CH3]. The topological polar surface area (TPSA) is 114 Å². The Kier molecular flexibility index (Phi) is 15.4. The highest BCUT2D eigenvalue weighted by molar-refractivity contribution is 6.54. The van der Waals surface area contributed by atoms with Crippen molar-refractivity contribution in [2.45, 2.75) is 84.6 Å². The first-order valence-corrected chi connectivity index (χ1v) is 24.6. The maximum atomic E-state index is 8.95. The molecule has 306 valence electrons. The van der Waals surface area contributed by atoms with Gasteiger partial charge >= 0.3 is 0 Å². The normalized spacial score (nSPS) is 12.6. The number of furan rings is 2. The van der Waals surface area contributed by atoms with Gasteiger partial charge < -0.3 is 20.3 Å². The summed E-state index contributed by atoms with van der Waals surface area (Å²) in [7, 11) is 0. The van der Waals surface area contributed by atoms with E-state index < -0.39 is 0 Å². The van der Waals surface area contributed by atoms with Crippen LogP contribution in [-0.2, 0) is 0 Å². The summed E-state index contributed by atoms with van der Waals surface area (Å²) >= 11 is -0.139. The fraction of sp³-hybridized carbons (Fsp3) is 0.283. The lowest BCUT2D eigenvalue weighted by atomic mass is 9.89. The van der Waals surface area contributed by atoms with Gasteiger partial charge in [-0.25, -0.2) is 4.99 Å². The summed E-state index contributed by atoms with van der Waals surface area (Å²) in [6, 6.07) is 36.1. The second-order valence-corrected chi connectivity index (χ2v) is 20.5. The van der Waals surface area contributed by atoms with Crippen LogP contribution in [0.1, 0.15) is 89.5 Å². The fourth-order valence-corrected chi connectivity index (χ4v) is 7.10. The first-order chi connectivity index (χ1) is 28.6. The van der Waals surface area contributed by atoms with Crippen molar-refractivity contribution in [1.82, 2.24) is 0 Å². The first-order valence-electron chi connectivity index (χ1n) is 21.1. The summed E-state index contributed by atoms with van der Waals surface area (Å²) < 4.78 is 11.8. The van der Waals surface area contributed by atoms with Gasteiger partial charge in [-0.05, 0) is 74.9 Å². The molecule has 1 aliphatic carbocycles. The highest BCUT2D eigenvalue weighted by Crippen LogP contribution is 2.37. The molecule has 0 bridgehead atoms. The number of hydrogen-bond donors (Lipinski definition) is 2. The number of rotatable bonds is 6. The van der Waals surface area contributed by atoms with Gasteiger partial charge in [-0.2, -0.15) is 5.26 Å². The van der Waals surface area contributed by atoms with E-state index in [4.69, 9.17) is 30.6 Å². The van der Waals surface area contributed by atoms with E-state index in [0.717, 1.165) is 55.2 Å². The third kappa shape index (κ3) is 10.5. The van der Waals surface area contributed by atoms with Crippen molar-refractivity contribution in [3.8, 4) is 6.07 Å². The molecule has 0 unspecified atom stereocenters. The van der Waals surface area contributed by atoms with Crippen LogP contribution in [0.5, 0.6) is 0 Å². The standard InChI is InChI=1S/C25H26N2O.C13H7NO.C12H18N.3CH3.Al/c1-15(2)17-10-7-11-18(16(3)4)23(17)27-25(26)21-13-8-12-20-19-9-5-6-14-22(19)28-24(20)21;14-8-9-4-3-6-11-10-5-1-2-7-12(10)15-13(9)11;1-8(2)10-6-5-7-11(9(3)4)12(10)13;;;;/h5-16H,1-4H3,(H2,26,27);1-7H;6-9H,13H2,1-4H3;3*1H3;/q;;+1;;;;. The Labute approximate surface area is 361 Å². The molecule has 0 spiro atoms. The second-order valence-electron chi connectivity index (χ2n) is 17.1. The number of fused-ring (bicyclic) bond motifs is 6. The lowest BCUT2D eigenvalue weighted by Crippen LogP contribution is -2.13. The van der Waals surface area contributed by atoms with Crippen molar-refractivity contribution in [2.75, 3.05) is 0 Å². The zero-order valence-electron chi connectivity index (χ0n) is 37.2. The summed E-state index contributed by atoms with van der Waals surface area (Å²) in [5.74, 6) is 9.10. The van der Waals surface area contributed by atoms with Gasteiger partial charge in [-0.3, -0.25) is 0 Å². The Morgan fingerprint density at radius 1 is 0.633 bits per heavy atom. The Morgan fingerprint density at radius 2 is 1.12 bits per heavy atom. The summed E-state index contributed by atoms with van der Waals surface area (Å²) in [5.41, 5.74) is 24.0. The van der Waals surface area contributed by atoms with E-state index in [2.05, 4.69) is 115 Å². The second kappa shape index (κ2) is 20.4. The monoisotopic (exact) mass is 811 g/mol. The quantitative estimate of drug-likeness (QED) is 0.0751. The molecular formula is C53H60AlN4O2+. The van der Waals surface area contributed by atoms with E-state index in [0.29, 0.717) is 40.7 Å². The van der Waals surface area contributed by atoms with E-state index >= 15 is 0 Å². The number of nitrogens with two attached hydrogens (primary N) is 2. The van der Waals surface area contributed by atoms with Crippen molar-refractivity contribution in [1.29, 1.82) is 5.26 Å². The number of benzene rings is 5. The molecule has 2 aromatic heterocycles. The number of nitrogens with zero attached hydrogens (tertiary/aromatic N) is 2. The molecule has 2 heterocycles. The van der Waals surface area contributed by atoms with Crippen molar-refractivity contribution in [2.24, 2.45) is 28.3 Å². The zero-order valence-corrected chi connectivity index (χ0v) is 38.4. The largest absolute Gasteiger partial charge is 0.455 e. The molecule has 5 aromatic carbocycles.